The van der Waals surface area contributed by atoms with Gasteiger partial charge in [-0.05, 0) is 25.2 Å². The van der Waals surface area contributed by atoms with Crippen molar-refractivity contribution in [1.29, 1.82) is 0 Å². The molecule has 1 aliphatic rings. The highest BCUT2D eigenvalue weighted by molar-refractivity contribution is 6.31. The zero-order chi connectivity index (χ0) is 18.0. The van der Waals surface area contributed by atoms with Crippen LogP contribution in [0.5, 0.6) is 0 Å². The minimum atomic E-state index is -4.52. The van der Waals surface area contributed by atoms with Crippen molar-refractivity contribution in [2.24, 2.45) is 0 Å². The molecular formula is C15H16ClF3N6. The second-order valence-electron chi connectivity index (χ2n) is 5.75. The highest BCUT2D eigenvalue weighted by Crippen LogP contribution is 2.36. The summed E-state index contributed by atoms with van der Waals surface area (Å²) in [6.07, 6.45) is -3.16. The topological polar surface area (TPSA) is 57.2 Å². The Labute approximate surface area is 147 Å². The van der Waals surface area contributed by atoms with Gasteiger partial charge < -0.3 is 15.1 Å². The molecule has 3 rings (SSSR count). The molecule has 1 aliphatic heterocycles. The van der Waals surface area contributed by atoms with Crippen LogP contribution in [-0.4, -0.2) is 53.3 Å². The van der Waals surface area contributed by atoms with Crippen LogP contribution in [0.2, 0.25) is 5.02 Å². The average Bonchev–Trinajstić information content (AvgIpc) is 2.56. The molecule has 1 N–H and O–H groups in total. The van der Waals surface area contributed by atoms with Crippen molar-refractivity contribution >= 4 is 29.1 Å². The molecule has 0 atom stereocenters. The van der Waals surface area contributed by atoms with Crippen LogP contribution in [0.15, 0.2) is 24.4 Å². The number of nitrogens with zero attached hydrogens (tertiary/aromatic N) is 5. The van der Waals surface area contributed by atoms with E-state index in [0.29, 0.717) is 11.8 Å². The predicted molar refractivity (Wildman–Crippen MR) is 89.3 cm³/mol. The summed E-state index contributed by atoms with van der Waals surface area (Å²) < 4.78 is 38.8. The number of hydrogen-bond donors (Lipinski definition) is 1. The number of likely N-dealkylation sites (N-methyl/N-ethyl adjacent to an activating group) is 1. The van der Waals surface area contributed by atoms with Crippen LogP contribution in [0.3, 0.4) is 0 Å². The summed E-state index contributed by atoms with van der Waals surface area (Å²) in [4.78, 5) is 8.52. The second kappa shape index (κ2) is 7.01. The van der Waals surface area contributed by atoms with E-state index in [-0.39, 0.29) is 10.7 Å². The zero-order valence-corrected chi connectivity index (χ0v) is 14.1. The SMILES string of the molecule is CN1CCN(c2nncc(Nc3ccc(Cl)c(C(F)(F)F)c3)n2)CC1. The summed E-state index contributed by atoms with van der Waals surface area (Å²) in [6, 6.07) is 3.60. The van der Waals surface area contributed by atoms with Crippen molar-refractivity contribution < 1.29 is 13.2 Å². The van der Waals surface area contributed by atoms with Gasteiger partial charge in [-0.2, -0.15) is 23.3 Å². The van der Waals surface area contributed by atoms with Crippen molar-refractivity contribution in [1.82, 2.24) is 20.1 Å². The van der Waals surface area contributed by atoms with Gasteiger partial charge in [-0.1, -0.05) is 11.6 Å². The van der Waals surface area contributed by atoms with Crippen molar-refractivity contribution in [2.75, 3.05) is 43.4 Å². The minimum absolute atomic E-state index is 0.224. The maximum atomic E-state index is 12.9. The van der Waals surface area contributed by atoms with Gasteiger partial charge in [0.15, 0.2) is 5.82 Å². The molecule has 0 amide bonds. The molecule has 0 unspecified atom stereocenters. The highest BCUT2D eigenvalue weighted by Gasteiger charge is 2.33. The van der Waals surface area contributed by atoms with Gasteiger partial charge in [0.05, 0.1) is 16.8 Å². The van der Waals surface area contributed by atoms with Crippen molar-refractivity contribution in [3.8, 4) is 0 Å². The van der Waals surface area contributed by atoms with Crippen molar-refractivity contribution in [3.63, 3.8) is 0 Å². The van der Waals surface area contributed by atoms with Crippen molar-refractivity contribution in [2.45, 2.75) is 6.18 Å². The summed E-state index contributed by atoms with van der Waals surface area (Å²) in [6.45, 7) is 3.29. The Kier molecular flexibility index (Phi) is 4.96. The van der Waals surface area contributed by atoms with Gasteiger partial charge in [-0.15, -0.1) is 5.10 Å². The van der Waals surface area contributed by atoms with E-state index in [1.54, 1.807) is 0 Å². The molecule has 0 saturated carbocycles. The number of anilines is 3. The van der Waals surface area contributed by atoms with Gasteiger partial charge >= 0.3 is 6.18 Å². The van der Waals surface area contributed by atoms with Crippen LogP contribution in [0.1, 0.15) is 5.56 Å². The fraction of sp³-hybridized carbons (Fsp3) is 0.400. The minimum Gasteiger partial charge on any atom is -0.339 e. The number of aromatic nitrogens is 3. The summed E-state index contributed by atoms with van der Waals surface area (Å²) in [5, 5.41) is 10.4. The maximum Gasteiger partial charge on any atom is 0.417 e. The van der Waals surface area contributed by atoms with E-state index >= 15 is 0 Å². The quantitative estimate of drug-likeness (QED) is 0.893. The largest absolute Gasteiger partial charge is 0.417 e. The summed E-state index contributed by atoms with van der Waals surface area (Å²) in [7, 11) is 2.03. The molecule has 2 heterocycles. The van der Waals surface area contributed by atoms with Gasteiger partial charge in [0.2, 0.25) is 5.95 Å². The first-order valence-electron chi connectivity index (χ1n) is 7.60. The number of rotatable bonds is 3. The summed E-state index contributed by atoms with van der Waals surface area (Å²) in [5.74, 6) is 0.766. The first-order valence-corrected chi connectivity index (χ1v) is 7.98. The molecule has 25 heavy (non-hydrogen) atoms. The molecule has 2 aromatic rings. The lowest BCUT2D eigenvalue weighted by Gasteiger charge is -2.32. The lowest BCUT2D eigenvalue weighted by molar-refractivity contribution is -0.137. The van der Waals surface area contributed by atoms with E-state index in [1.165, 1.54) is 18.3 Å². The van der Waals surface area contributed by atoms with Crippen molar-refractivity contribution in [3.05, 3.63) is 35.0 Å². The predicted octanol–water partition coefficient (Wildman–Crippen LogP) is 3.04. The maximum absolute atomic E-state index is 12.9. The standard InChI is InChI=1S/C15H16ClF3N6/c1-24-4-6-25(7-5-24)14-22-13(9-20-23-14)21-10-2-3-12(16)11(8-10)15(17,18)19/h2-3,8-9H,4-7H2,1H3,(H,21,22,23). The van der Waals surface area contributed by atoms with Crippen LogP contribution >= 0.6 is 11.6 Å². The molecule has 1 saturated heterocycles. The van der Waals surface area contributed by atoms with E-state index in [4.69, 9.17) is 11.6 Å². The van der Waals surface area contributed by atoms with E-state index < -0.39 is 11.7 Å². The summed E-state index contributed by atoms with van der Waals surface area (Å²) in [5.41, 5.74) is -0.679. The lowest BCUT2D eigenvalue weighted by Crippen LogP contribution is -2.45. The number of benzene rings is 1. The molecule has 0 aliphatic carbocycles. The van der Waals surface area contributed by atoms with Crippen LogP contribution in [0, 0.1) is 0 Å². The third-order valence-electron chi connectivity index (χ3n) is 3.88. The molecule has 0 bridgehead atoms. The average molecular weight is 373 g/mol. The highest BCUT2D eigenvalue weighted by atomic mass is 35.5. The molecule has 6 nitrogen and oxygen atoms in total. The zero-order valence-electron chi connectivity index (χ0n) is 13.4. The third kappa shape index (κ3) is 4.29. The van der Waals surface area contributed by atoms with E-state index in [9.17, 15) is 13.2 Å². The Morgan fingerprint density at radius 3 is 2.56 bits per heavy atom. The van der Waals surface area contributed by atoms with Gasteiger partial charge in [0, 0.05) is 31.9 Å². The van der Waals surface area contributed by atoms with E-state index in [1.807, 2.05) is 11.9 Å². The third-order valence-corrected chi connectivity index (χ3v) is 4.21. The Morgan fingerprint density at radius 1 is 1.16 bits per heavy atom. The number of alkyl halides is 3. The van der Waals surface area contributed by atoms with E-state index in [0.717, 1.165) is 32.2 Å². The van der Waals surface area contributed by atoms with Gasteiger partial charge in [0.1, 0.15) is 0 Å². The van der Waals surface area contributed by atoms with Gasteiger partial charge in [0.25, 0.3) is 0 Å². The molecule has 1 aromatic carbocycles. The van der Waals surface area contributed by atoms with Crippen LogP contribution in [-0.2, 0) is 6.18 Å². The smallest absolute Gasteiger partial charge is 0.339 e. The molecule has 1 fully saturated rings. The van der Waals surface area contributed by atoms with E-state index in [2.05, 4.69) is 25.4 Å². The number of hydrogen-bond acceptors (Lipinski definition) is 6. The molecule has 0 radical (unpaired) electrons. The molecule has 134 valence electrons. The second-order valence-corrected chi connectivity index (χ2v) is 6.16. The lowest BCUT2D eigenvalue weighted by atomic mass is 10.2. The molecular weight excluding hydrogens is 357 g/mol. The molecule has 10 heteroatoms. The molecule has 0 spiro atoms. The Hall–Kier alpha value is -2.13. The molecule has 1 aromatic heterocycles. The number of nitrogens with one attached hydrogen (secondary N) is 1. The Morgan fingerprint density at radius 2 is 1.88 bits per heavy atom. The van der Waals surface area contributed by atoms with Crippen LogP contribution in [0.25, 0.3) is 0 Å². The normalized spacial score (nSPS) is 16.1. The fourth-order valence-electron chi connectivity index (χ4n) is 2.46. The number of piperazine rings is 1. The van der Waals surface area contributed by atoms with Crippen LogP contribution in [0.4, 0.5) is 30.6 Å². The Balaban J connectivity index is 1.79. The number of halogens is 4. The fourth-order valence-corrected chi connectivity index (χ4v) is 2.69. The van der Waals surface area contributed by atoms with Gasteiger partial charge in [-0.25, -0.2) is 0 Å². The Bertz CT molecular complexity index is 746. The first-order chi connectivity index (χ1) is 11.8. The van der Waals surface area contributed by atoms with Crippen LogP contribution < -0.4 is 10.2 Å². The monoisotopic (exact) mass is 372 g/mol. The summed E-state index contributed by atoms with van der Waals surface area (Å²) >= 11 is 5.63. The van der Waals surface area contributed by atoms with Gasteiger partial charge in [-0.3, -0.25) is 0 Å². The first kappa shape index (κ1) is 17.7.